The molecule has 0 aromatic heterocycles. The normalized spacial score (nSPS) is 11.8. The van der Waals surface area contributed by atoms with Crippen LogP contribution in [0.5, 0.6) is 0 Å². The lowest BCUT2D eigenvalue weighted by Crippen LogP contribution is -2.15. The lowest BCUT2D eigenvalue weighted by Gasteiger charge is -2.08. The second-order valence-corrected chi connectivity index (χ2v) is 5.94. The molecule has 16 heavy (non-hydrogen) atoms. The van der Waals surface area contributed by atoms with Crippen molar-refractivity contribution in [2.24, 2.45) is 0 Å². The number of nitro benzene ring substituents is 1. The van der Waals surface area contributed by atoms with Crippen molar-refractivity contribution in [1.82, 2.24) is 0 Å². The van der Waals surface area contributed by atoms with E-state index in [-0.39, 0.29) is 0 Å². The van der Waals surface area contributed by atoms with E-state index in [1.807, 2.05) is 0 Å². The van der Waals surface area contributed by atoms with Gasteiger partial charge in [-0.15, -0.1) is 0 Å². The Balaban J connectivity index is 3.45. The van der Waals surface area contributed by atoms with Crippen LogP contribution in [0.15, 0.2) is 23.1 Å². The van der Waals surface area contributed by atoms with Crippen molar-refractivity contribution >= 4 is 15.5 Å². The molecule has 0 aliphatic carbocycles. The van der Waals surface area contributed by atoms with Gasteiger partial charge in [-0.1, -0.05) is 0 Å². The maximum atomic E-state index is 13.3. The van der Waals surface area contributed by atoms with Gasteiger partial charge >= 0.3 is 0 Å². The Labute approximate surface area is 92.0 Å². The van der Waals surface area contributed by atoms with E-state index in [1.54, 1.807) is 0 Å². The zero-order valence-electron chi connectivity index (χ0n) is 8.68. The average molecular weight is 247 g/mol. The summed E-state index contributed by atoms with van der Waals surface area (Å²) in [4.78, 5) is 9.06. The zero-order chi connectivity index (χ0) is 12.5. The van der Waals surface area contributed by atoms with Crippen LogP contribution in [0, 0.1) is 15.9 Å². The summed E-state index contributed by atoms with van der Waals surface area (Å²) in [5.74, 6) is -0.973. The fourth-order valence-electron chi connectivity index (χ4n) is 1.08. The van der Waals surface area contributed by atoms with Gasteiger partial charge in [0, 0.05) is 12.1 Å². The first-order chi connectivity index (χ1) is 7.26. The molecule has 0 bridgehead atoms. The Kier molecular flexibility index (Phi) is 3.27. The molecule has 1 aromatic carbocycles. The van der Waals surface area contributed by atoms with Crippen molar-refractivity contribution in [2.75, 3.05) is 0 Å². The lowest BCUT2D eigenvalue weighted by atomic mass is 10.3. The molecule has 5 nitrogen and oxygen atoms in total. The van der Waals surface area contributed by atoms with E-state index in [0.29, 0.717) is 0 Å². The van der Waals surface area contributed by atoms with Crippen LogP contribution in [0.1, 0.15) is 13.8 Å². The molecule has 0 saturated heterocycles. The molecule has 0 N–H and O–H groups in total. The Morgan fingerprint density at radius 3 is 2.38 bits per heavy atom. The number of hydrogen-bond donors (Lipinski definition) is 0. The smallest absolute Gasteiger partial charge is 0.258 e. The van der Waals surface area contributed by atoms with Crippen LogP contribution in [-0.4, -0.2) is 18.6 Å². The summed E-state index contributed by atoms with van der Waals surface area (Å²) < 4.78 is 36.6. The van der Waals surface area contributed by atoms with E-state index < -0.39 is 36.4 Å². The van der Waals surface area contributed by atoms with Crippen molar-refractivity contribution in [3.63, 3.8) is 0 Å². The minimum Gasteiger partial charge on any atom is -0.258 e. The summed E-state index contributed by atoms with van der Waals surface area (Å²) in [6.07, 6.45) is 0. The van der Waals surface area contributed by atoms with Crippen molar-refractivity contribution in [3.05, 3.63) is 34.1 Å². The number of hydrogen-bond acceptors (Lipinski definition) is 4. The molecule has 0 radical (unpaired) electrons. The predicted molar refractivity (Wildman–Crippen MR) is 55.4 cm³/mol. The largest absolute Gasteiger partial charge is 0.270 e. The first-order valence-corrected chi connectivity index (χ1v) is 5.99. The van der Waals surface area contributed by atoms with Gasteiger partial charge in [-0.05, 0) is 19.9 Å². The molecule has 7 heteroatoms. The Hall–Kier alpha value is -1.50. The Morgan fingerprint density at radius 1 is 1.38 bits per heavy atom. The number of nitro groups is 1. The fraction of sp³-hybridized carbons (Fsp3) is 0.333. The van der Waals surface area contributed by atoms with Crippen LogP contribution in [-0.2, 0) is 9.84 Å². The molecule has 0 unspecified atom stereocenters. The number of rotatable bonds is 3. The monoisotopic (exact) mass is 247 g/mol. The highest BCUT2D eigenvalue weighted by Gasteiger charge is 2.25. The van der Waals surface area contributed by atoms with Gasteiger partial charge in [0.1, 0.15) is 10.7 Å². The van der Waals surface area contributed by atoms with Crippen molar-refractivity contribution in [2.45, 2.75) is 24.0 Å². The van der Waals surface area contributed by atoms with E-state index in [2.05, 4.69) is 0 Å². The first-order valence-electron chi connectivity index (χ1n) is 4.44. The summed E-state index contributed by atoms with van der Waals surface area (Å²) in [5, 5.41) is 9.62. The molecule has 88 valence electrons. The second kappa shape index (κ2) is 4.17. The molecule has 0 amide bonds. The predicted octanol–water partition coefficient (Wildman–Crippen LogP) is 1.92. The average Bonchev–Trinajstić information content (AvgIpc) is 2.17. The number of benzene rings is 1. The van der Waals surface area contributed by atoms with Crippen LogP contribution in [0.4, 0.5) is 10.1 Å². The van der Waals surface area contributed by atoms with Crippen molar-refractivity contribution in [1.29, 1.82) is 0 Å². The van der Waals surface area contributed by atoms with Gasteiger partial charge in [0.2, 0.25) is 0 Å². The van der Waals surface area contributed by atoms with Crippen LogP contribution < -0.4 is 0 Å². The standard InChI is InChI=1S/C9H10FNO4S/c1-6(2)16(14,15)9-5-7(11(12)13)3-4-8(9)10/h3-6H,1-2H3. The summed E-state index contributed by atoms with van der Waals surface area (Å²) in [5.41, 5.74) is -0.444. The van der Waals surface area contributed by atoms with Crippen LogP contribution in [0.25, 0.3) is 0 Å². The summed E-state index contributed by atoms with van der Waals surface area (Å²) in [6, 6.07) is 2.45. The summed E-state index contributed by atoms with van der Waals surface area (Å²) in [6.45, 7) is 2.77. The second-order valence-electron chi connectivity index (χ2n) is 3.47. The molecule has 0 aliphatic rings. The van der Waals surface area contributed by atoms with Crippen LogP contribution in [0.2, 0.25) is 0 Å². The Bertz CT molecular complexity index is 524. The topological polar surface area (TPSA) is 77.3 Å². The van der Waals surface area contributed by atoms with Gasteiger partial charge in [0.25, 0.3) is 5.69 Å². The van der Waals surface area contributed by atoms with Gasteiger partial charge in [-0.2, -0.15) is 0 Å². The quantitative estimate of drug-likeness (QED) is 0.603. The first kappa shape index (κ1) is 12.6. The highest BCUT2D eigenvalue weighted by molar-refractivity contribution is 7.92. The highest BCUT2D eigenvalue weighted by Crippen LogP contribution is 2.24. The van der Waals surface area contributed by atoms with Crippen LogP contribution >= 0.6 is 0 Å². The molecule has 1 aromatic rings. The van der Waals surface area contributed by atoms with E-state index in [1.165, 1.54) is 13.8 Å². The van der Waals surface area contributed by atoms with Gasteiger partial charge in [0.05, 0.1) is 10.2 Å². The molecule has 0 heterocycles. The minimum atomic E-state index is -3.84. The molecule has 0 atom stereocenters. The van der Waals surface area contributed by atoms with E-state index >= 15 is 0 Å². The molecule has 0 aliphatic heterocycles. The molecular weight excluding hydrogens is 237 g/mol. The third kappa shape index (κ3) is 2.19. The van der Waals surface area contributed by atoms with Crippen LogP contribution in [0.3, 0.4) is 0 Å². The van der Waals surface area contributed by atoms with Crippen molar-refractivity contribution < 1.29 is 17.7 Å². The maximum absolute atomic E-state index is 13.3. The molecular formula is C9H10FNO4S. The van der Waals surface area contributed by atoms with E-state index in [0.717, 1.165) is 18.2 Å². The van der Waals surface area contributed by atoms with Crippen molar-refractivity contribution in [3.8, 4) is 0 Å². The lowest BCUT2D eigenvalue weighted by molar-refractivity contribution is -0.385. The van der Waals surface area contributed by atoms with Gasteiger partial charge in [-0.3, -0.25) is 10.1 Å². The molecule has 0 saturated carbocycles. The van der Waals surface area contributed by atoms with Gasteiger partial charge < -0.3 is 0 Å². The van der Waals surface area contributed by atoms with E-state index in [9.17, 15) is 22.9 Å². The summed E-state index contributed by atoms with van der Waals surface area (Å²) in [7, 11) is -3.84. The SMILES string of the molecule is CC(C)S(=O)(=O)c1cc([N+](=O)[O-])ccc1F. The molecule has 1 rings (SSSR count). The summed E-state index contributed by atoms with van der Waals surface area (Å²) >= 11 is 0. The maximum Gasteiger partial charge on any atom is 0.270 e. The fourth-order valence-corrected chi connectivity index (χ4v) is 2.21. The number of nitrogens with zero attached hydrogens (tertiary/aromatic N) is 1. The Morgan fingerprint density at radius 2 is 1.94 bits per heavy atom. The molecule has 0 spiro atoms. The van der Waals surface area contributed by atoms with Gasteiger partial charge in [-0.25, -0.2) is 12.8 Å². The third-order valence-corrected chi connectivity index (χ3v) is 4.22. The third-order valence-electron chi connectivity index (χ3n) is 2.05. The number of non-ortho nitro benzene ring substituents is 1. The van der Waals surface area contributed by atoms with E-state index in [4.69, 9.17) is 0 Å². The highest BCUT2D eigenvalue weighted by atomic mass is 32.2. The zero-order valence-corrected chi connectivity index (χ0v) is 9.49. The molecule has 0 fully saturated rings. The minimum absolute atomic E-state index is 0.444. The number of sulfone groups is 1. The number of halogens is 1. The van der Waals surface area contributed by atoms with Gasteiger partial charge in [0.15, 0.2) is 9.84 Å².